The van der Waals surface area contributed by atoms with Crippen molar-refractivity contribution in [1.82, 2.24) is 0 Å². The van der Waals surface area contributed by atoms with Gasteiger partial charge in [0, 0.05) is 0 Å². The van der Waals surface area contributed by atoms with Gasteiger partial charge in [-0.2, -0.15) is 0 Å². The summed E-state index contributed by atoms with van der Waals surface area (Å²) in [6.45, 7) is 6.64. The first-order valence-electron chi connectivity index (χ1n) is 14.2. The maximum atomic E-state index is 13.3. The molecule has 1 aliphatic carbocycles. The number of para-hydroxylation sites is 1. The Morgan fingerprint density at radius 3 is 2.31 bits per heavy atom. The van der Waals surface area contributed by atoms with Crippen LogP contribution >= 0.6 is 11.8 Å². The van der Waals surface area contributed by atoms with E-state index in [1.54, 1.807) is 11.8 Å². The van der Waals surface area contributed by atoms with Crippen LogP contribution in [0.15, 0.2) is 58.0 Å². The van der Waals surface area contributed by atoms with Crippen molar-refractivity contribution >= 4 is 58.7 Å². The molecule has 2 unspecified atom stereocenters. The molecule has 3 aromatic rings. The number of thioether (sulfide) groups is 1. The number of Topliss-reactive ketones (excluding diaryl/α,β-unsaturated/α-hetero) is 1. The van der Waals surface area contributed by atoms with E-state index in [1.165, 1.54) is 8.30 Å². The van der Waals surface area contributed by atoms with Crippen molar-refractivity contribution in [1.29, 1.82) is 0 Å². The van der Waals surface area contributed by atoms with Crippen molar-refractivity contribution in [3.63, 3.8) is 0 Å². The normalized spacial score (nSPS) is 24.0. The minimum absolute atomic E-state index is 0.0152. The average Bonchev–Trinajstić information content (AvgIpc) is 3.51. The van der Waals surface area contributed by atoms with Gasteiger partial charge >= 0.3 is 260 Å². The molecule has 1 N–H and O–H groups in total. The zero-order valence-electron chi connectivity index (χ0n) is 23.7. The quantitative estimate of drug-likeness (QED) is 0.251. The van der Waals surface area contributed by atoms with Gasteiger partial charge in [-0.3, -0.25) is 0 Å². The molecule has 1 aromatic heterocycles. The molecule has 9 nitrogen and oxygen atoms in total. The zero-order chi connectivity index (χ0) is 29.1. The van der Waals surface area contributed by atoms with Crippen LogP contribution < -0.4 is 18.9 Å². The van der Waals surface area contributed by atoms with Gasteiger partial charge in [0.05, 0.1) is 0 Å². The summed E-state index contributed by atoms with van der Waals surface area (Å²) in [7, 11) is 2.00. The number of carbonyl (C=O) groups is 1. The van der Waals surface area contributed by atoms with Crippen LogP contribution in [0.4, 0.5) is 5.69 Å². The number of anilines is 1. The fourth-order valence-electron chi connectivity index (χ4n) is 5.18. The van der Waals surface area contributed by atoms with E-state index in [0.717, 1.165) is 26.5 Å². The molecular weight excluding hydrogens is 672 g/mol. The molecule has 0 saturated heterocycles. The number of nitrogens with zero attached hydrogens (tertiary/aromatic N) is 2. The molecule has 3 aliphatic rings. The van der Waals surface area contributed by atoms with E-state index in [-0.39, 0.29) is 5.78 Å². The number of hydrogen-bond acceptors (Lipinski definition) is 9. The number of benzene rings is 2. The molecule has 2 aliphatic heterocycles. The van der Waals surface area contributed by atoms with Gasteiger partial charge in [0.2, 0.25) is 0 Å². The van der Waals surface area contributed by atoms with Crippen molar-refractivity contribution in [2.24, 2.45) is 13.0 Å². The number of aliphatic hydroxyl groups excluding tert-OH is 1. The first-order chi connectivity index (χ1) is 20.5. The summed E-state index contributed by atoms with van der Waals surface area (Å²) in [5.74, 6) is 0.781. The monoisotopic (exact) mass is 709 g/mol. The minimum atomic E-state index is -0.819. The number of aryl methyl sites for hydroxylation is 1. The molecule has 2 atom stereocenters. The number of aliphatic hydroxyl groups is 1. The second kappa shape index (κ2) is 13.5. The van der Waals surface area contributed by atoms with E-state index in [9.17, 15) is 9.90 Å². The number of carbonyl (C=O) groups excluding carboxylic acids is 1. The van der Waals surface area contributed by atoms with E-state index < -0.39 is 32.5 Å². The summed E-state index contributed by atoms with van der Waals surface area (Å²) in [5.41, 5.74) is 2.66. The van der Waals surface area contributed by atoms with Crippen LogP contribution in [0.2, 0.25) is 0 Å². The van der Waals surface area contributed by atoms with Crippen LogP contribution in [-0.2, 0) is 26.1 Å². The van der Waals surface area contributed by atoms with Crippen LogP contribution in [0.25, 0.3) is 15.0 Å². The summed E-state index contributed by atoms with van der Waals surface area (Å²) in [6.07, 6.45) is 3.02. The predicted octanol–water partition coefficient (Wildman–Crippen LogP) is 2.96. The van der Waals surface area contributed by atoms with Gasteiger partial charge < -0.3 is 0 Å². The van der Waals surface area contributed by atoms with Gasteiger partial charge in [0.15, 0.2) is 0 Å². The second-order valence-electron chi connectivity index (χ2n) is 10.1. The Bertz CT molecular complexity index is 1520. The third kappa shape index (κ3) is 6.15. The Morgan fingerprint density at radius 2 is 1.64 bits per heavy atom. The van der Waals surface area contributed by atoms with Crippen LogP contribution in [0.1, 0.15) is 10.6 Å². The zero-order valence-corrected chi connectivity index (χ0v) is 26.9. The topological polar surface area (TPSA) is 90.6 Å². The molecule has 0 radical (unpaired) electrons. The summed E-state index contributed by atoms with van der Waals surface area (Å²) in [5, 5.41) is 12.1. The van der Waals surface area contributed by atoms with Crippen molar-refractivity contribution < 1.29 is 38.2 Å². The first kappa shape index (κ1) is 29.7. The van der Waals surface area contributed by atoms with Crippen molar-refractivity contribution in [2.75, 3.05) is 64.3 Å². The van der Waals surface area contributed by atoms with Crippen LogP contribution in [0, 0.1) is 5.92 Å². The molecule has 0 spiro atoms. The van der Waals surface area contributed by atoms with Crippen molar-refractivity contribution in [3.05, 3.63) is 56.8 Å². The Balaban J connectivity index is 1.22. The predicted molar refractivity (Wildman–Crippen MR) is 161 cm³/mol. The molecule has 11 heteroatoms. The van der Waals surface area contributed by atoms with E-state index in [4.69, 9.17) is 23.7 Å². The van der Waals surface area contributed by atoms with E-state index in [1.807, 2.05) is 37.4 Å². The number of ketones is 1. The number of aromatic nitrogens is 1. The Kier molecular flexibility index (Phi) is 9.56. The summed E-state index contributed by atoms with van der Waals surface area (Å²) in [4.78, 5) is 16.7. The second-order valence-corrected chi connectivity index (χ2v) is 14.1. The first-order valence-corrected chi connectivity index (χ1v) is 17.4. The van der Waals surface area contributed by atoms with Gasteiger partial charge in [0.25, 0.3) is 0 Å². The average molecular weight is 707 g/mol. The summed E-state index contributed by atoms with van der Waals surface area (Å²) in [6, 6.07) is 12.3. The van der Waals surface area contributed by atoms with Gasteiger partial charge in [-0.15, -0.1) is 0 Å². The molecule has 1 fully saturated rings. The van der Waals surface area contributed by atoms with Gasteiger partial charge in [0.1, 0.15) is 0 Å². The number of hydrogen-bond donors (Lipinski definition) is 1. The molecule has 1 saturated carbocycles. The van der Waals surface area contributed by atoms with Crippen LogP contribution in [-0.4, -0.2) is 96.8 Å². The van der Waals surface area contributed by atoms with Crippen molar-refractivity contribution in [3.8, 4) is 11.5 Å². The molecule has 0 bridgehead atoms. The molecular formula is C31H35N2O7STe+. The number of fused-ring (bicyclic) bond motifs is 3. The number of ether oxygens (including phenoxy) is 5. The third-order valence-corrected chi connectivity index (χ3v) is 11.9. The fourth-order valence-corrected chi connectivity index (χ4v) is 9.56. The Morgan fingerprint density at radius 1 is 1.00 bits per heavy atom. The standard InChI is InChI=1S/C31H35N2O7STe/c1-3-33-22-6-4-5-7-26(22)41-28(33)16-20-30(34)21(31(20)35)17-29-32(2)23-18-24-25(19-27(23)42-29)40-15-13-38-11-9-36-8-10-37-12-14-39-24/h4-7,16-20,30,34H,3,8-15H2,1-2H3/q+1/b21-17+,28-16-. The molecule has 2 aromatic carbocycles. The molecule has 222 valence electrons. The Labute approximate surface area is 259 Å². The van der Waals surface area contributed by atoms with E-state index in [2.05, 4.69) is 34.6 Å². The van der Waals surface area contributed by atoms with Gasteiger partial charge in [-0.25, -0.2) is 0 Å². The van der Waals surface area contributed by atoms with Gasteiger partial charge in [-0.1, -0.05) is 0 Å². The van der Waals surface area contributed by atoms with E-state index >= 15 is 0 Å². The van der Waals surface area contributed by atoms with Crippen LogP contribution in [0.3, 0.4) is 0 Å². The Hall–Kier alpha value is -2.36. The molecule has 3 heterocycles. The van der Waals surface area contributed by atoms with Crippen molar-refractivity contribution in [2.45, 2.75) is 17.9 Å². The van der Waals surface area contributed by atoms with Crippen LogP contribution in [0.5, 0.6) is 11.5 Å². The molecule has 6 rings (SSSR count). The summed E-state index contributed by atoms with van der Waals surface area (Å²) < 4.78 is 33.2. The SMILES string of the molecule is CCN1/C(=C/C2C(=O)/C(=C/c3[te]c4cc5c(cc4[n+]3C)OCCOCCOCCOCCO5)C2O)Sc2ccccc21. The maximum absolute atomic E-state index is 13.3. The van der Waals surface area contributed by atoms with E-state index in [0.29, 0.717) is 69.9 Å². The molecule has 0 amide bonds. The molecule has 42 heavy (non-hydrogen) atoms. The number of rotatable bonds is 3. The fraction of sp³-hybridized carbons (Fsp3) is 0.419. The van der Waals surface area contributed by atoms with Gasteiger partial charge in [-0.05, 0) is 0 Å². The third-order valence-electron chi connectivity index (χ3n) is 7.45. The summed E-state index contributed by atoms with van der Waals surface area (Å²) >= 11 is 0.833.